The molecule has 1 aliphatic heterocycles. The van der Waals surface area contributed by atoms with Crippen LogP contribution in [0.25, 0.3) is 11.2 Å². The quantitative estimate of drug-likeness (QED) is 0.508. The molecule has 9 nitrogen and oxygen atoms in total. The molecule has 0 aliphatic carbocycles. The highest BCUT2D eigenvalue weighted by Gasteiger charge is 2.44. The number of aromatic nitrogens is 4. The van der Waals surface area contributed by atoms with Crippen LogP contribution in [-0.4, -0.2) is 64.9 Å². The van der Waals surface area contributed by atoms with E-state index in [2.05, 4.69) is 15.0 Å². The molecule has 0 amide bonds. The highest BCUT2D eigenvalue weighted by Crippen LogP contribution is 2.35. The van der Waals surface area contributed by atoms with Crippen molar-refractivity contribution in [3.8, 4) is 5.88 Å². The summed E-state index contributed by atoms with van der Waals surface area (Å²) in [4.78, 5) is 11.4. The average molecular weight is 303 g/mol. The second-order valence-electron chi connectivity index (χ2n) is 4.35. The Morgan fingerprint density at radius 3 is 2.70 bits per heavy atom. The summed E-state index contributed by atoms with van der Waals surface area (Å²) in [6.07, 6.45) is -3.51. The number of ether oxygens (including phenoxy) is 1. The fourth-order valence-electron chi connectivity index (χ4n) is 2.19. The van der Waals surface area contributed by atoms with Gasteiger partial charge in [0.1, 0.15) is 24.6 Å². The number of hydrogen-bond donors (Lipinski definition) is 4. The molecule has 20 heavy (non-hydrogen) atoms. The van der Waals surface area contributed by atoms with Gasteiger partial charge in [0.15, 0.2) is 17.4 Å². The maximum absolute atomic E-state index is 9.98. The van der Waals surface area contributed by atoms with Gasteiger partial charge in [-0.2, -0.15) is 4.98 Å². The molecular weight excluding hydrogens is 292 g/mol. The second kappa shape index (κ2) is 4.79. The molecule has 0 saturated carbocycles. The molecule has 0 spiro atoms. The number of halogens is 1. The highest BCUT2D eigenvalue weighted by molar-refractivity contribution is 6.29. The van der Waals surface area contributed by atoms with Gasteiger partial charge >= 0.3 is 0 Å². The minimum Gasteiger partial charge on any atom is -0.492 e. The van der Waals surface area contributed by atoms with Crippen LogP contribution < -0.4 is 0 Å². The minimum absolute atomic E-state index is 0.0511. The first-order valence-corrected chi connectivity index (χ1v) is 6.12. The molecule has 1 fully saturated rings. The van der Waals surface area contributed by atoms with Gasteiger partial charge in [-0.25, -0.2) is 9.97 Å². The lowest BCUT2D eigenvalue weighted by Crippen LogP contribution is -2.33. The van der Waals surface area contributed by atoms with Crippen molar-refractivity contribution in [1.82, 2.24) is 19.5 Å². The van der Waals surface area contributed by atoms with Gasteiger partial charge in [-0.3, -0.25) is 4.57 Å². The van der Waals surface area contributed by atoms with Crippen LogP contribution in [0, 0.1) is 0 Å². The van der Waals surface area contributed by atoms with Crippen LogP contribution in [-0.2, 0) is 4.74 Å². The van der Waals surface area contributed by atoms with E-state index in [1.807, 2.05) is 0 Å². The van der Waals surface area contributed by atoms with Crippen molar-refractivity contribution in [3.63, 3.8) is 0 Å². The largest absolute Gasteiger partial charge is 0.492 e. The molecule has 2 unspecified atom stereocenters. The molecule has 0 radical (unpaired) electrons. The Labute approximate surface area is 117 Å². The molecule has 0 bridgehead atoms. The molecule has 4 atom stereocenters. The third kappa shape index (κ3) is 1.83. The van der Waals surface area contributed by atoms with Crippen molar-refractivity contribution in [3.05, 3.63) is 11.6 Å². The van der Waals surface area contributed by atoms with E-state index in [-0.39, 0.29) is 22.3 Å². The van der Waals surface area contributed by atoms with Gasteiger partial charge in [0.05, 0.1) is 6.61 Å². The van der Waals surface area contributed by atoms with E-state index in [0.29, 0.717) is 0 Å². The molecule has 0 aromatic carbocycles. The smallest absolute Gasteiger partial charge is 0.242 e. The lowest BCUT2D eigenvalue weighted by molar-refractivity contribution is -0.0509. The van der Waals surface area contributed by atoms with Crippen LogP contribution >= 0.6 is 11.6 Å². The highest BCUT2D eigenvalue weighted by atomic mass is 35.5. The molecule has 10 heteroatoms. The summed E-state index contributed by atoms with van der Waals surface area (Å²) < 4.78 is 6.58. The molecule has 2 aromatic rings. The maximum Gasteiger partial charge on any atom is 0.242 e. The van der Waals surface area contributed by atoms with Crippen molar-refractivity contribution in [1.29, 1.82) is 0 Å². The zero-order chi connectivity index (χ0) is 14.4. The Balaban J connectivity index is 2.11. The number of aliphatic hydroxyl groups excluding tert-OH is 3. The third-order valence-electron chi connectivity index (χ3n) is 3.19. The van der Waals surface area contributed by atoms with E-state index in [1.54, 1.807) is 0 Å². The second-order valence-corrected chi connectivity index (χ2v) is 4.69. The Bertz CT molecular complexity index is 650. The molecule has 1 saturated heterocycles. The first-order chi connectivity index (χ1) is 9.54. The molecular formula is C10H11ClN4O5. The van der Waals surface area contributed by atoms with Crippen LogP contribution in [0.15, 0.2) is 6.33 Å². The Kier molecular flexibility index (Phi) is 3.22. The summed E-state index contributed by atoms with van der Waals surface area (Å²) >= 11 is 5.96. The van der Waals surface area contributed by atoms with Crippen LogP contribution in [0.1, 0.15) is 6.23 Å². The minimum atomic E-state index is -1.32. The average Bonchev–Trinajstić information content (AvgIpc) is 2.90. The molecule has 2 aromatic heterocycles. The van der Waals surface area contributed by atoms with E-state index in [4.69, 9.17) is 21.4 Å². The first kappa shape index (κ1) is 13.5. The van der Waals surface area contributed by atoms with Crippen molar-refractivity contribution >= 4 is 22.8 Å². The summed E-state index contributed by atoms with van der Waals surface area (Å²) in [5, 5.41) is 38.3. The number of aromatic hydroxyl groups is 1. The standard InChI is InChI=1S/C10H11ClN4O5/c11-10-14-4-7(12-2-13-8(4)19)15(10)9-6(18)5(17)3(1-16)20-9/h2-3,5-6,9,16-18H,1H2,(H,12,13,19)/t3-,5?,6?,9-/m1/s1. The van der Waals surface area contributed by atoms with Gasteiger partial charge < -0.3 is 25.2 Å². The number of imidazole rings is 1. The lowest BCUT2D eigenvalue weighted by atomic mass is 10.1. The van der Waals surface area contributed by atoms with Crippen molar-refractivity contribution in [2.45, 2.75) is 24.5 Å². The number of aliphatic hydroxyl groups is 3. The van der Waals surface area contributed by atoms with Crippen LogP contribution in [0.5, 0.6) is 5.88 Å². The fourth-order valence-corrected chi connectivity index (χ4v) is 2.45. The predicted octanol–water partition coefficient (Wildman–Crippen LogP) is -1.20. The van der Waals surface area contributed by atoms with E-state index >= 15 is 0 Å². The van der Waals surface area contributed by atoms with E-state index in [9.17, 15) is 15.3 Å². The van der Waals surface area contributed by atoms with Crippen LogP contribution in [0.2, 0.25) is 5.28 Å². The molecule has 4 N–H and O–H groups in total. The summed E-state index contributed by atoms with van der Waals surface area (Å²) in [6.45, 7) is -0.459. The summed E-state index contributed by atoms with van der Waals surface area (Å²) in [6, 6.07) is 0. The van der Waals surface area contributed by atoms with E-state index in [1.165, 1.54) is 4.57 Å². The van der Waals surface area contributed by atoms with Crippen LogP contribution in [0.3, 0.4) is 0 Å². The van der Waals surface area contributed by atoms with Gasteiger partial charge in [-0.05, 0) is 11.6 Å². The van der Waals surface area contributed by atoms with Gasteiger partial charge in [0, 0.05) is 0 Å². The SMILES string of the molecule is OC[C@H]1O[C@@H](n2c(Cl)nc3c(O)ncnc32)C(O)C1O. The van der Waals surface area contributed by atoms with Gasteiger partial charge in [-0.1, -0.05) is 0 Å². The van der Waals surface area contributed by atoms with Crippen molar-refractivity contribution in [2.24, 2.45) is 0 Å². The van der Waals surface area contributed by atoms with E-state index in [0.717, 1.165) is 6.33 Å². The van der Waals surface area contributed by atoms with Gasteiger partial charge in [0.2, 0.25) is 11.2 Å². The lowest BCUT2D eigenvalue weighted by Gasteiger charge is -2.17. The summed E-state index contributed by atoms with van der Waals surface area (Å²) in [7, 11) is 0. The third-order valence-corrected chi connectivity index (χ3v) is 3.45. The predicted molar refractivity (Wildman–Crippen MR) is 65.0 cm³/mol. The topological polar surface area (TPSA) is 134 Å². The van der Waals surface area contributed by atoms with Crippen molar-refractivity contribution < 1.29 is 25.2 Å². The molecule has 108 valence electrons. The first-order valence-electron chi connectivity index (χ1n) is 5.74. The number of hydrogen-bond acceptors (Lipinski definition) is 8. The van der Waals surface area contributed by atoms with Gasteiger partial charge in [0.25, 0.3) is 0 Å². The normalized spacial score (nSPS) is 30.2. The zero-order valence-corrected chi connectivity index (χ0v) is 10.7. The Morgan fingerprint density at radius 1 is 1.30 bits per heavy atom. The Hall–Kier alpha value is -1.52. The molecule has 1 aliphatic rings. The zero-order valence-electron chi connectivity index (χ0n) is 9.96. The monoisotopic (exact) mass is 302 g/mol. The van der Waals surface area contributed by atoms with Gasteiger partial charge in [-0.15, -0.1) is 0 Å². The van der Waals surface area contributed by atoms with Crippen LogP contribution in [0.4, 0.5) is 0 Å². The maximum atomic E-state index is 9.98. The molecule has 3 heterocycles. The summed E-state index contributed by atoms with van der Waals surface area (Å²) in [5.74, 6) is -0.359. The number of fused-ring (bicyclic) bond motifs is 1. The molecule has 3 rings (SSSR count). The van der Waals surface area contributed by atoms with E-state index < -0.39 is 31.1 Å². The number of rotatable bonds is 2. The van der Waals surface area contributed by atoms with Crippen molar-refractivity contribution in [2.75, 3.05) is 6.61 Å². The Morgan fingerprint density at radius 2 is 2.05 bits per heavy atom. The number of nitrogens with zero attached hydrogens (tertiary/aromatic N) is 4. The summed E-state index contributed by atoms with van der Waals surface area (Å²) in [5.41, 5.74) is 0.201. The fraction of sp³-hybridized carbons (Fsp3) is 0.500.